The lowest BCUT2D eigenvalue weighted by molar-refractivity contribution is -0.127. The lowest BCUT2D eigenvalue weighted by atomic mass is 9.91. The molecule has 0 spiro atoms. The Morgan fingerprint density at radius 1 is 1.18 bits per heavy atom. The van der Waals surface area contributed by atoms with Crippen molar-refractivity contribution in [1.29, 1.82) is 0 Å². The number of likely N-dealkylation sites (tertiary alicyclic amines) is 1. The molecule has 2 rings (SSSR count). The van der Waals surface area contributed by atoms with Gasteiger partial charge in [-0.25, -0.2) is 0 Å². The van der Waals surface area contributed by atoms with Crippen LogP contribution in [0.15, 0.2) is 0 Å². The van der Waals surface area contributed by atoms with Crippen LogP contribution in [0.5, 0.6) is 0 Å². The van der Waals surface area contributed by atoms with E-state index < -0.39 is 0 Å². The topological polar surface area (TPSA) is 20.3 Å². The predicted octanol–water partition coefficient (Wildman–Crippen LogP) is 1.20. The molecule has 0 aromatic heterocycles. The zero-order valence-electron chi connectivity index (χ0n) is 6.88. The van der Waals surface area contributed by atoms with Gasteiger partial charge in [0, 0.05) is 19.5 Å². The fraction of sp³-hybridized carbons (Fsp3) is 0.889. The van der Waals surface area contributed by atoms with Crippen LogP contribution in [-0.4, -0.2) is 29.8 Å². The van der Waals surface area contributed by atoms with E-state index in [4.69, 9.17) is 0 Å². The maximum atomic E-state index is 11.4. The highest BCUT2D eigenvalue weighted by atomic mass is 16.1. The maximum Gasteiger partial charge on any atom is 0.149 e. The highest BCUT2D eigenvalue weighted by molar-refractivity contribution is 5.84. The molecule has 2 nitrogen and oxygen atoms in total. The first-order valence-corrected chi connectivity index (χ1v) is 4.65. The van der Waals surface area contributed by atoms with Gasteiger partial charge in [-0.05, 0) is 19.3 Å². The third-order valence-corrected chi connectivity index (χ3v) is 2.85. The van der Waals surface area contributed by atoms with E-state index in [2.05, 4.69) is 4.90 Å². The van der Waals surface area contributed by atoms with Crippen molar-refractivity contribution in [2.45, 2.75) is 38.1 Å². The minimum Gasteiger partial charge on any atom is -0.298 e. The van der Waals surface area contributed by atoms with Crippen molar-refractivity contribution < 1.29 is 4.79 Å². The summed E-state index contributed by atoms with van der Waals surface area (Å²) in [6.45, 7) is 2.33. The zero-order chi connectivity index (χ0) is 7.68. The summed E-state index contributed by atoms with van der Waals surface area (Å²) >= 11 is 0. The van der Waals surface area contributed by atoms with Crippen molar-refractivity contribution in [3.05, 3.63) is 0 Å². The SMILES string of the molecule is O=C1CCCCC1N1CCC1. The van der Waals surface area contributed by atoms with Crippen LogP contribution in [-0.2, 0) is 4.79 Å². The van der Waals surface area contributed by atoms with Gasteiger partial charge in [0.2, 0.25) is 0 Å². The predicted molar refractivity (Wildman–Crippen MR) is 43.5 cm³/mol. The van der Waals surface area contributed by atoms with Gasteiger partial charge in [-0.3, -0.25) is 9.69 Å². The fourth-order valence-corrected chi connectivity index (χ4v) is 2.00. The number of hydrogen-bond acceptors (Lipinski definition) is 2. The molecule has 1 saturated heterocycles. The Morgan fingerprint density at radius 3 is 2.55 bits per heavy atom. The van der Waals surface area contributed by atoms with Gasteiger partial charge in [-0.15, -0.1) is 0 Å². The monoisotopic (exact) mass is 153 g/mol. The van der Waals surface area contributed by atoms with E-state index in [0.717, 1.165) is 32.4 Å². The minimum absolute atomic E-state index is 0.317. The van der Waals surface area contributed by atoms with E-state index in [-0.39, 0.29) is 0 Å². The summed E-state index contributed by atoms with van der Waals surface area (Å²) in [5, 5.41) is 0. The standard InChI is InChI=1S/C9H15NO/c11-9-5-2-1-4-8(9)10-6-3-7-10/h8H,1-7H2. The number of rotatable bonds is 1. The summed E-state index contributed by atoms with van der Waals surface area (Å²) < 4.78 is 0. The van der Waals surface area contributed by atoms with Crippen LogP contribution in [0.25, 0.3) is 0 Å². The van der Waals surface area contributed by atoms with E-state index in [9.17, 15) is 4.79 Å². The van der Waals surface area contributed by atoms with Crippen LogP contribution in [0.4, 0.5) is 0 Å². The van der Waals surface area contributed by atoms with Gasteiger partial charge < -0.3 is 0 Å². The third-order valence-electron chi connectivity index (χ3n) is 2.85. The molecule has 0 amide bonds. The van der Waals surface area contributed by atoms with Crippen molar-refractivity contribution in [3.63, 3.8) is 0 Å². The van der Waals surface area contributed by atoms with Crippen LogP contribution < -0.4 is 0 Å². The van der Waals surface area contributed by atoms with Gasteiger partial charge in [0.05, 0.1) is 6.04 Å². The fourth-order valence-electron chi connectivity index (χ4n) is 2.00. The van der Waals surface area contributed by atoms with Crippen LogP contribution in [0, 0.1) is 0 Å². The zero-order valence-corrected chi connectivity index (χ0v) is 6.88. The Hall–Kier alpha value is -0.370. The number of carbonyl (C=O) groups excluding carboxylic acids is 1. The van der Waals surface area contributed by atoms with E-state index in [1.807, 2.05) is 0 Å². The molecule has 0 N–H and O–H groups in total. The molecule has 62 valence electrons. The van der Waals surface area contributed by atoms with Crippen molar-refractivity contribution in [2.24, 2.45) is 0 Å². The van der Waals surface area contributed by atoms with Crippen molar-refractivity contribution >= 4 is 5.78 Å². The Morgan fingerprint density at radius 2 is 2.00 bits per heavy atom. The molecule has 1 unspecified atom stereocenters. The minimum atomic E-state index is 0.317. The summed E-state index contributed by atoms with van der Waals surface area (Å²) in [4.78, 5) is 13.7. The summed E-state index contributed by atoms with van der Waals surface area (Å²) in [5.74, 6) is 0.496. The molecule has 1 aliphatic heterocycles. The highest BCUT2D eigenvalue weighted by Crippen LogP contribution is 2.23. The van der Waals surface area contributed by atoms with Gasteiger partial charge in [0.15, 0.2) is 0 Å². The summed E-state index contributed by atoms with van der Waals surface area (Å²) in [7, 11) is 0. The van der Waals surface area contributed by atoms with E-state index in [1.54, 1.807) is 0 Å². The molecule has 2 fully saturated rings. The normalized spacial score (nSPS) is 33.5. The molecular formula is C9H15NO. The first-order chi connectivity index (χ1) is 5.38. The van der Waals surface area contributed by atoms with Crippen LogP contribution in [0.1, 0.15) is 32.1 Å². The van der Waals surface area contributed by atoms with Crippen LogP contribution in [0.2, 0.25) is 0 Å². The van der Waals surface area contributed by atoms with Gasteiger partial charge >= 0.3 is 0 Å². The van der Waals surface area contributed by atoms with Gasteiger partial charge in [0.1, 0.15) is 5.78 Å². The molecule has 0 aromatic carbocycles. The van der Waals surface area contributed by atoms with Crippen molar-refractivity contribution in [3.8, 4) is 0 Å². The van der Waals surface area contributed by atoms with Gasteiger partial charge in [0.25, 0.3) is 0 Å². The first kappa shape index (κ1) is 7.29. The number of hydrogen-bond donors (Lipinski definition) is 0. The molecule has 1 heterocycles. The lowest BCUT2D eigenvalue weighted by Gasteiger charge is -2.39. The number of nitrogens with zero attached hydrogens (tertiary/aromatic N) is 1. The van der Waals surface area contributed by atoms with Crippen LogP contribution >= 0.6 is 0 Å². The first-order valence-electron chi connectivity index (χ1n) is 4.65. The molecule has 1 atom stereocenters. The molecule has 2 heteroatoms. The van der Waals surface area contributed by atoms with Gasteiger partial charge in [-0.2, -0.15) is 0 Å². The second kappa shape index (κ2) is 2.94. The smallest absolute Gasteiger partial charge is 0.149 e. The molecule has 0 radical (unpaired) electrons. The molecule has 0 bridgehead atoms. The van der Waals surface area contributed by atoms with E-state index >= 15 is 0 Å². The Bertz CT molecular complexity index is 163. The Balaban J connectivity index is 1.93. The van der Waals surface area contributed by atoms with Crippen LogP contribution in [0.3, 0.4) is 0 Å². The highest BCUT2D eigenvalue weighted by Gasteiger charge is 2.30. The van der Waals surface area contributed by atoms with Crippen molar-refractivity contribution in [1.82, 2.24) is 4.90 Å². The number of carbonyl (C=O) groups is 1. The van der Waals surface area contributed by atoms with Gasteiger partial charge in [-0.1, -0.05) is 6.42 Å². The molecular weight excluding hydrogens is 138 g/mol. The van der Waals surface area contributed by atoms with Crippen molar-refractivity contribution in [2.75, 3.05) is 13.1 Å². The summed E-state index contributed by atoms with van der Waals surface area (Å²) in [6.07, 6.45) is 5.64. The number of Topliss-reactive ketones (excluding diaryl/α,β-unsaturated/α-hetero) is 1. The Kier molecular flexibility index (Phi) is 1.95. The lowest BCUT2D eigenvalue weighted by Crippen LogP contribution is -2.50. The molecule has 0 aromatic rings. The average molecular weight is 153 g/mol. The second-order valence-corrected chi connectivity index (χ2v) is 3.62. The van der Waals surface area contributed by atoms with E-state index in [0.29, 0.717) is 11.8 Å². The molecule has 1 aliphatic carbocycles. The third kappa shape index (κ3) is 1.32. The summed E-state index contributed by atoms with van der Waals surface area (Å²) in [5.41, 5.74) is 0. The maximum absolute atomic E-state index is 11.4. The number of ketones is 1. The molecule has 2 aliphatic rings. The molecule has 11 heavy (non-hydrogen) atoms. The summed E-state index contributed by atoms with van der Waals surface area (Å²) in [6, 6.07) is 0.317. The quantitative estimate of drug-likeness (QED) is 0.564. The van der Waals surface area contributed by atoms with E-state index in [1.165, 1.54) is 12.8 Å². The average Bonchev–Trinajstić information content (AvgIpc) is 1.90. The second-order valence-electron chi connectivity index (χ2n) is 3.62. The largest absolute Gasteiger partial charge is 0.298 e. The Labute approximate surface area is 67.6 Å². The molecule has 1 saturated carbocycles.